The van der Waals surface area contributed by atoms with Crippen molar-refractivity contribution in [1.82, 2.24) is 9.55 Å². The van der Waals surface area contributed by atoms with E-state index in [4.69, 9.17) is 24.1 Å². The third kappa shape index (κ3) is 16.5. The minimum atomic E-state index is -4.48. The van der Waals surface area contributed by atoms with Crippen LogP contribution in [0.2, 0.25) is 0 Å². The van der Waals surface area contributed by atoms with Gasteiger partial charge in [-0.3, -0.25) is 23.4 Å². The highest BCUT2D eigenvalue weighted by atomic mass is 32.2. The number of thioether (sulfide) groups is 1. The molecule has 15 heteroatoms. The summed E-state index contributed by atoms with van der Waals surface area (Å²) in [6.45, 7) is 5.59. The molecule has 46 heavy (non-hydrogen) atoms. The fourth-order valence-electron chi connectivity index (χ4n) is 5.40. The summed E-state index contributed by atoms with van der Waals surface area (Å²) >= 11 is 1.74. The summed E-state index contributed by atoms with van der Waals surface area (Å²) in [4.78, 5) is 39.3. The molecular formula is C31H56N5O8PS. The molecule has 264 valence electrons. The SMILES string of the molecule is CCCCCCCCCCCCCCCCSCC(COP(=O)(O)OC[C@H]1O[C@@H](n2cc(C)c(=O)[nH]c2=O)C[C@@H]1N=[N+]=[N-])OCC. The Morgan fingerprint density at radius 2 is 1.67 bits per heavy atom. The van der Waals surface area contributed by atoms with Crippen molar-refractivity contribution in [1.29, 1.82) is 0 Å². The standard InChI is InChI=1S/C31H56N5O8PS/c1-4-6-7-8-9-10-11-12-13-14-15-16-17-18-19-46-24-26(41-5-2)22-42-45(39,40)43-23-28-27(34-35-32)20-29(44-28)36-21-25(3)30(37)33-31(36)38/h21,26-29H,4-20,22-24H2,1-3H3,(H,39,40)(H,33,37,38)/t26?,27-,28+,29+/m0/s1. The van der Waals surface area contributed by atoms with Gasteiger partial charge in [0.2, 0.25) is 0 Å². The molecule has 1 aromatic heterocycles. The van der Waals surface area contributed by atoms with E-state index in [9.17, 15) is 19.0 Å². The second kappa shape index (κ2) is 23.7. The van der Waals surface area contributed by atoms with Crippen LogP contribution in [0.25, 0.3) is 10.4 Å². The molecule has 2 rings (SSSR count). The van der Waals surface area contributed by atoms with Gasteiger partial charge in [-0.15, -0.1) is 0 Å². The number of hydrogen-bond acceptors (Lipinski definition) is 9. The Hall–Kier alpha value is -1.63. The van der Waals surface area contributed by atoms with Crippen molar-refractivity contribution in [2.45, 2.75) is 142 Å². The van der Waals surface area contributed by atoms with Crippen molar-refractivity contribution >= 4 is 19.6 Å². The molecule has 2 unspecified atom stereocenters. The van der Waals surface area contributed by atoms with Gasteiger partial charge in [0.15, 0.2) is 0 Å². The van der Waals surface area contributed by atoms with Gasteiger partial charge in [-0.25, -0.2) is 9.36 Å². The van der Waals surface area contributed by atoms with Crippen molar-refractivity contribution in [2.75, 3.05) is 31.3 Å². The first kappa shape index (κ1) is 40.5. The average Bonchev–Trinajstić information content (AvgIpc) is 3.43. The Balaban J connectivity index is 1.63. The van der Waals surface area contributed by atoms with Crippen LogP contribution in [0.5, 0.6) is 0 Å². The summed E-state index contributed by atoms with van der Waals surface area (Å²) in [6, 6.07) is -0.767. The lowest BCUT2D eigenvalue weighted by atomic mass is 10.0. The third-order valence-corrected chi connectivity index (χ3v) is 10.2. The summed E-state index contributed by atoms with van der Waals surface area (Å²) in [5, 5.41) is 3.70. The zero-order chi connectivity index (χ0) is 33.6. The van der Waals surface area contributed by atoms with Crippen molar-refractivity contribution in [3.8, 4) is 0 Å². The van der Waals surface area contributed by atoms with Crippen molar-refractivity contribution in [2.24, 2.45) is 5.11 Å². The molecule has 0 radical (unpaired) electrons. The van der Waals surface area contributed by atoms with Crippen LogP contribution in [0.1, 0.15) is 122 Å². The zero-order valence-electron chi connectivity index (χ0n) is 28.0. The number of H-pyrrole nitrogens is 1. The maximum atomic E-state index is 12.6. The molecule has 5 atom stereocenters. The first-order chi connectivity index (χ1) is 22.2. The number of phosphoric ester groups is 1. The van der Waals surface area contributed by atoms with E-state index in [0.29, 0.717) is 17.9 Å². The fourth-order valence-corrected chi connectivity index (χ4v) is 7.19. The van der Waals surface area contributed by atoms with Crippen LogP contribution in [-0.4, -0.2) is 64.0 Å². The fraction of sp³-hybridized carbons (Fsp3) is 0.871. The Morgan fingerprint density at radius 1 is 1.07 bits per heavy atom. The summed E-state index contributed by atoms with van der Waals surface area (Å²) < 4.78 is 35.8. The van der Waals surface area contributed by atoms with E-state index in [-0.39, 0.29) is 19.1 Å². The molecule has 1 aromatic rings. The number of aromatic nitrogens is 2. The van der Waals surface area contributed by atoms with Crippen LogP contribution in [0, 0.1) is 6.92 Å². The molecule has 13 nitrogen and oxygen atoms in total. The number of nitrogens with zero attached hydrogens (tertiary/aromatic N) is 4. The van der Waals surface area contributed by atoms with Gasteiger partial charge in [0.05, 0.1) is 31.5 Å². The predicted octanol–water partition coefficient (Wildman–Crippen LogP) is 7.56. The van der Waals surface area contributed by atoms with Crippen molar-refractivity contribution < 1.29 is 28.0 Å². The van der Waals surface area contributed by atoms with Gasteiger partial charge in [-0.2, -0.15) is 11.8 Å². The summed E-state index contributed by atoms with van der Waals surface area (Å²) in [6.07, 6.45) is 17.9. The molecule has 0 bridgehead atoms. The number of ether oxygens (including phenoxy) is 2. The van der Waals surface area contributed by atoms with E-state index in [0.717, 1.165) is 12.2 Å². The number of aromatic amines is 1. The maximum absolute atomic E-state index is 12.6. The van der Waals surface area contributed by atoms with Gasteiger partial charge in [-0.05, 0) is 31.6 Å². The van der Waals surface area contributed by atoms with E-state index >= 15 is 0 Å². The normalized spacial score (nSPS) is 20.0. The van der Waals surface area contributed by atoms with Crippen LogP contribution in [0.4, 0.5) is 0 Å². The molecular weight excluding hydrogens is 633 g/mol. The van der Waals surface area contributed by atoms with Gasteiger partial charge in [-0.1, -0.05) is 95.5 Å². The van der Waals surface area contributed by atoms with Crippen LogP contribution in [0.3, 0.4) is 0 Å². The highest BCUT2D eigenvalue weighted by Gasteiger charge is 2.38. The van der Waals surface area contributed by atoms with Crippen LogP contribution in [0.15, 0.2) is 20.9 Å². The second-order valence-corrected chi connectivity index (χ2v) is 14.5. The van der Waals surface area contributed by atoms with Gasteiger partial charge in [0.1, 0.15) is 6.23 Å². The molecule has 0 aliphatic carbocycles. The number of phosphoric acid groups is 1. The van der Waals surface area contributed by atoms with Crippen LogP contribution < -0.4 is 11.2 Å². The van der Waals surface area contributed by atoms with Crippen molar-refractivity contribution in [3.05, 3.63) is 43.0 Å². The number of hydrogen-bond donors (Lipinski definition) is 2. The van der Waals surface area contributed by atoms with Gasteiger partial charge < -0.3 is 14.4 Å². The first-order valence-corrected chi connectivity index (χ1v) is 19.7. The minimum Gasteiger partial charge on any atom is -0.375 e. The molecule has 0 saturated carbocycles. The second-order valence-electron chi connectivity index (χ2n) is 11.9. The molecule has 2 N–H and O–H groups in total. The molecule has 1 fully saturated rings. The monoisotopic (exact) mass is 689 g/mol. The lowest BCUT2D eigenvalue weighted by Crippen LogP contribution is -2.33. The van der Waals surface area contributed by atoms with Crippen LogP contribution in [-0.2, 0) is 23.1 Å². The highest BCUT2D eigenvalue weighted by molar-refractivity contribution is 7.99. The van der Waals surface area contributed by atoms with Gasteiger partial charge in [0.25, 0.3) is 5.56 Å². The van der Waals surface area contributed by atoms with Gasteiger partial charge >= 0.3 is 13.5 Å². The van der Waals surface area contributed by atoms with Crippen molar-refractivity contribution in [3.63, 3.8) is 0 Å². The Morgan fingerprint density at radius 3 is 2.26 bits per heavy atom. The van der Waals surface area contributed by atoms with Gasteiger partial charge in [0, 0.05) is 35.5 Å². The van der Waals surface area contributed by atoms with E-state index in [1.165, 1.54) is 94.2 Å². The lowest BCUT2D eigenvalue weighted by molar-refractivity contribution is -0.0311. The summed E-state index contributed by atoms with van der Waals surface area (Å²) in [5.74, 6) is 1.62. The first-order valence-electron chi connectivity index (χ1n) is 17.0. The number of aryl methyl sites for hydroxylation is 1. The molecule has 1 saturated heterocycles. The molecule has 0 amide bonds. The number of azide groups is 1. The molecule has 1 aliphatic rings. The average molecular weight is 690 g/mol. The van der Waals surface area contributed by atoms with E-state index in [1.807, 2.05) is 6.92 Å². The molecule has 0 spiro atoms. The van der Waals surface area contributed by atoms with E-state index < -0.39 is 44.1 Å². The third-order valence-electron chi connectivity index (χ3n) is 8.03. The minimum absolute atomic E-state index is 0.114. The van der Waals surface area contributed by atoms with E-state index in [2.05, 4.69) is 21.9 Å². The Labute approximate surface area is 277 Å². The number of rotatable bonds is 27. The smallest absolute Gasteiger partial charge is 0.375 e. The summed E-state index contributed by atoms with van der Waals surface area (Å²) in [5.41, 5.74) is 8.09. The Bertz CT molecular complexity index is 1190. The number of unbranched alkanes of at least 4 members (excludes halogenated alkanes) is 13. The Kier molecular flexibility index (Phi) is 20.9. The summed E-state index contributed by atoms with van der Waals surface area (Å²) in [7, 11) is -4.48. The molecule has 1 aliphatic heterocycles. The molecule has 2 heterocycles. The maximum Gasteiger partial charge on any atom is 0.472 e. The predicted molar refractivity (Wildman–Crippen MR) is 182 cm³/mol. The topological polar surface area (TPSA) is 178 Å². The quantitative estimate of drug-likeness (QED) is 0.0310. The highest BCUT2D eigenvalue weighted by Crippen LogP contribution is 2.45. The van der Waals surface area contributed by atoms with E-state index in [1.54, 1.807) is 18.7 Å². The zero-order valence-corrected chi connectivity index (χ0v) is 29.7. The number of nitrogens with one attached hydrogen (secondary N) is 1. The lowest BCUT2D eigenvalue weighted by Gasteiger charge is -2.21. The molecule has 0 aromatic carbocycles. The largest absolute Gasteiger partial charge is 0.472 e. The van der Waals surface area contributed by atoms with Crippen LogP contribution >= 0.6 is 19.6 Å².